The third-order valence-electron chi connectivity index (χ3n) is 1.34. The Bertz CT molecular complexity index is 376. The van der Waals surface area contributed by atoms with Crippen LogP contribution in [0.3, 0.4) is 0 Å². The maximum Gasteiger partial charge on any atom is 0.335 e. The van der Waals surface area contributed by atoms with Crippen LogP contribution in [0.2, 0.25) is 5.15 Å². The Morgan fingerprint density at radius 2 is 2.36 bits per heavy atom. The number of carboxylic acid groups (broad SMARTS) is 1. The van der Waals surface area contributed by atoms with Gasteiger partial charge in [0, 0.05) is 6.07 Å². The molecule has 1 rings (SSSR count). The van der Waals surface area contributed by atoms with Crippen molar-refractivity contribution in [2.45, 2.75) is 6.92 Å². The van der Waals surface area contributed by atoms with E-state index in [1.54, 1.807) is 13.0 Å². The van der Waals surface area contributed by atoms with Crippen LogP contribution in [-0.4, -0.2) is 16.1 Å². The average Bonchev–Trinajstić information content (AvgIpc) is 2.14. The second kappa shape index (κ2) is 4.62. The third kappa shape index (κ3) is 2.74. The summed E-state index contributed by atoms with van der Waals surface area (Å²) < 4.78 is 4.99. The second-order valence-electron chi connectivity index (χ2n) is 2.41. The Hall–Kier alpha value is -1.55. The molecular weight excluding hydrogens is 206 g/mol. The van der Waals surface area contributed by atoms with Crippen molar-refractivity contribution < 1.29 is 14.6 Å². The van der Waals surface area contributed by atoms with Crippen LogP contribution >= 0.6 is 11.6 Å². The highest BCUT2D eigenvalue weighted by molar-refractivity contribution is 6.29. The molecule has 1 heterocycles. The average molecular weight is 214 g/mol. The van der Waals surface area contributed by atoms with Crippen LogP contribution in [0.4, 0.5) is 0 Å². The number of carboxylic acids is 1. The van der Waals surface area contributed by atoms with E-state index in [0.717, 1.165) is 0 Å². The van der Waals surface area contributed by atoms with Crippen molar-refractivity contribution in [2.24, 2.45) is 0 Å². The van der Waals surface area contributed by atoms with Crippen molar-refractivity contribution in [2.75, 3.05) is 0 Å². The van der Waals surface area contributed by atoms with E-state index >= 15 is 0 Å². The number of nitrogens with zero attached hydrogens (tertiary/aromatic N) is 1. The summed E-state index contributed by atoms with van der Waals surface area (Å²) in [5.41, 5.74) is 0.0458. The van der Waals surface area contributed by atoms with Crippen LogP contribution < -0.4 is 4.74 Å². The molecule has 0 aliphatic heterocycles. The van der Waals surface area contributed by atoms with Crippen molar-refractivity contribution >= 4 is 17.6 Å². The van der Waals surface area contributed by atoms with Gasteiger partial charge >= 0.3 is 5.97 Å². The summed E-state index contributed by atoms with van der Waals surface area (Å²) in [6.45, 7) is 1.77. The zero-order chi connectivity index (χ0) is 10.6. The van der Waals surface area contributed by atoms with Gasteiger partial charge in [-0.3, -0.25) is 0 Å². The van der Waals surface area contributed by atoms with Crippen LogP contribution in [0, 0.1) is 0 Å². The van der Waals surface area contributed by atoms with E-state index in [1.807, 2.05) is 0 Å². The first kappa shape index (κ1) is 10.5. The van der Waals surface area contributed by atoms with Crippen LogP contribution in [-0.2, 0) is 0 Å². The number of aromatic nitrogens is 1. The van der Waals surface area contributed by atoms with Crippen molar-refractivity contribution in [3.8, 4) is 5.88 Å². The van der Waals surface area contributed by atoms with Crippen LogP contribution in [0.25, 0.3) is 0 Å². The highest BCUT2D eigenvalue weighted by Crippen LogP contribution is 2.16. The molecule has 0 aromatic carbocycles. The topological polar surface area (TPSA) is 59.4 Å². The maximum atomic E-state index is 10.6. The molecule has 1 N–H and O–H groups in total. The minimum absolute atomic E-state index is 0.0458. The standard InChI is InChI=1S/C9H8ClNO3/c1-2-3-14-8-5-6(9(12)13)4-7(10)11-8/h2-5H,1H3,(H,12,13). The molecule has 0 saturated heterocycles. The predicted molar refractivity (Wildman–Crippen MR) is 51.6 cm³/mol. The van der Waals surface area contributed by atoms with Crippen molar-refractivity contribution in [3.05, 3.63) is 35.2 Å². The lowest BCUT2D eigenvalue weighted by atomic mass is 10.3. The monoisotopic (exact) mass is 213 g/mol. The molecule has 0 saturated carbocycles. The molecule has 74 valence electrons. The summed E-state index contributed by atoms with van der Waals surface area (Å²) in [5.74, 6) is -0.910. The SMILES string of the molecule is CC=COc1cc(C(=O)O)cc(Cl)n1. The lowest BCUT2D eigenvalue weighted by Gasteiger charge is -2.01. The molecule has 0 aliphatic carbocycles. The summed E-state index contributed by atoms with van der Waals surface area (Å²) in [4.78, 5) is 14.4. The van der Waals surface area contributed by atoms with Gasteiger partial charge in [0.15, 0.2) is 0 Å². The highest BCUT2D eigenvalue weighted by Gasteiger charge is 2.07. The van der Waals surface area contributed by atoms with Gasteiger partial charge in [0.2, 0.25) is 5.88 Å². The molecule has 0 spiro atoms. The summed E-state index contributed by atoms with van der Waals surface area (Å²) >= 11 is 5.59. The Kier molecular flexibility index (Phi) is 3.48. The lowest BCUT2D eigenvalue weighted by molar-refractivity contribution is 0.0696. The molecule has 0 amide bonds. The summed E-state index contributed by atoms with van der Waals surface area (Å²) in [7, 11) is 0. The van der Waals surface area contributed by atoms with E-state index in [2.05, 4.69) is 4.98 Å². The molecule has 0 atom stereocenters. The first-order valence-electron chi connectivity index (χ1n) is 3.82. The number of rotatable bonds is 3. The molecule has 1 aromatic rings. The van der Waals surface area contributed by atoms with Gasteiger partial charge in [0.1, 0.15) is 5.15 Å². The Labute approximate surface area is 85.8 Å². The number of allylic oxidation sites excluding steroid dienone is 1. The Morgan fingerprint density at radius 3 is 2.93 bits per heavy atom. The smallest absolute Gasteiger partial charge is 0.335 e. The van der Waals surface area contributed by atoms with Crippen LogP contribution in [0.15, 0.2) is 24.5 Å². The number of halogens is 1. The van der Waals surface area contributed by atoms with Crippen molar-refractivity contribution in [1.82, 2.24) is 4.98 Å². The second-order valence-corrected chi connectivity index (χ2v) is 2.80. The van der Waals surface area contributed by atoms with Crippen molar-refractivity contribution in [3.63, 3.8) is 0 Å². The zero-order valence-corrected chi connectivity index (χ0v) is 8.15. The largest absolute Gasteiger partial charge is 0.478 e. The minimum Gasteiger partial charge on any atom is -0.478 e. The fourth-order valence-corrected chi connectivity index (χ4v) is 0.995. The van der Waals surface area contributed by atoms with Crippen LogP contribution in [0.1, 0.15) is 17.3 Å². The van der Waals surface area contributed by atoms with Gasteiger partial charge in [0.25, 0.3) is 0 Å². The van der Waals surface area contributed by atoms with Gasteiger partial charge in [-0.05, 0) is 13.0 Å². The van der Waals surface area contributed by atoms with Gasteiger partial charge in [0.05, 0.1) is 11.8 Å². The molecule has 14 heavy (non-hydrogen) atoms. The molecule has 0 unspecified atom stereocenters. The molecule has 0 bridgehead atoms. The predicted octanol–water partition coefficient (Wildman–Crippen LogP) is 2.35. The van der Waals surface area contributed by atoms with E-state index in [-0.39, 0.29) is 16.6 Å². The summed E-state index contributed by atoms with van der Waals surface area (Å²) in [5, 5.41) is 8.79. The quantitative estimate of drug-likeness (QED) is 0.619. The molecular formula is C9H8ClNO3. The van der Waals surface area contributed by atoms with E-state index in [0.29, 0.717) is 0 Å². The fraction of sp³-hybridized carbons (Fsp3) is 0.111. The van der Waals surface area contributed by atoms with E-state index < -0.39 is 5.97 Å². The molecule has 0 aliphatic rings. The summed E-state index contributed by atoms with van der Waals surface area (Å²) in [6, 6.07) is 2.56. The van der Waals surface area contributed by atoms with E-state index in [1.165, 1.54) is 18.4 Å². The number of ether oxygens (including phenoxy) is 1. The normalized spacial score (nSPS) is 10.4. The van der Waals surface area contributed by atoms with Gasteiger partial charge in [-0.15, -0.1) is 0 Å². The lowest BCUT2D eigenvalue weighted by Crippen LogP contribution is -1.98. The van der Waals surface area contributed by atoms with E-state index in [9.17, 15) is 4.79 Å². The first-order chi connectivity index (χ1) is 6.63. The van der Waals surface area contributed by atoms with Crippen LogP contribution in [0.5, 0.6) is 5.88 Å². The highest BCUT2D eigenvalue weighted by atomic mass is 35.5. The van der Waals surface area contributed by atoms with Gasteiger partial charge in [-0.1, -0.05) is 17.7 Å². The molecule has 5 heteroatoms. The Balaban J connectivity index is 3.00. The molecule has 0 fully saturated rings. The number of pyridine rings is 1. The number of hydrogen-bond acceptors (Lipinski definition) is 3. The fourth-order valence-electron chi connectivity index (χ4n) is 0.794. The number of hydrogen-bond donors (Lipinski definition) is 1. The van der Waals surface area contributed by atoms with Crippen molar-refractivity contribution in [1.29, 1.82) is 0 Å². The van der Waals surface area contributed by atoms with E-state index in [4.69, 9.17) is 21.4 Å². The molecule has 4 nitrogen and oxygen atoms in total. The summed E-state index contributed by atoms with van der Waals surface area (Å²) in [6.07, 6.45) is 3.05. The first-order valence-corrected chi connectivity index (χ1v) is 4.20. The third-order valence-corrected chi connectivity index (χ3v) is 1.54. The zero-order valence-electron chi connectivity index (χ0n) is 7.40. The molecule has 1 aromatic heterocycles. The van der Waals surface area contributed by atoms with Gasteiger partial charge in [-0.2, -0.15) is 0 Å². The number of carbonyl (C=O) groups is 1. The maximum absolute atomic E-state index is 10.6. The number of aromatic carboxylic acids is 1. The molecule has 0 radical (unpaired) electrons. The van der Waals surface area contributed by atoms with Gasteiger partial charge < -0.3 is 9.84 Å². The van der Waals surface area contributed by atoms with Gasteiger partial charge in [-0.25, -0.2) is 9.78 Å². The Morgan fingerprint density at radius 1 is 1.64 bits per heavy atom. The minimum atomic E-state index is -1.07.